The Labute approximate surface area is 92.0 Å². The molecule has 0 heterocycles. The summed E-state index contributed by atoms with van der Waals surface area (Å²) in [5.41, 5.74) is -0.784. The minimum Gasteiger partial charge on any atom is -0.389 e. The summed E-state index contributed by atoms with van der Waals surface area (Å²) in [4.78, 5) is 0. The quantitative estimate of drug-likeness (QED) is 0.667. The van der Waals surface area contributed by atoms with Crippen molar-refractivity contribution in [2.45, 2.75) is 44.2 Å². The highest BCUT2D eigenvalue weighted by Gasteiger charge is 2.26. The summed E-state index contributed by atoms with van der Waals surface area (Å²) in [6.45, 7) is 2.31. The zero-order valence-electron chi connectivity index (χ0n) is 9.49. The van der Waals surface area contributed by atoms with E-state index in [0.29, 0.717) is 25.4 Å². The molecule has 0 radical (unpaired) electrons. The molecule has 0 aromatic rings. The van der Waals surface area contributed by atoms with Crippen molar-refractivity contribution in [2.24, 2.45) is 0 Å². The Kier molecular flexibility index (Phi) is 4.14. The largest absolute Gasteiger partial charge is 0.389 e. The highest BCUT2D eigenvalue weighted by atomic mass is 32.2. The van der Waals surface area contributed by atoms with Crippen molar-refractivity contribution >= 4 is 9.84 Å². The molecule has 15 heavy (non-hydrogen) atoms. The van der Waals surface area contributed by atoms with Crippen LogP contribution in [0.25, 0.3) is 0 Å². The molecule has 1 fully saturated rings. The van der Waals surface area contributed by atoms with E-state index in [4.69, 9.17) is 0 Å². The van der Waals surface area contributed by atoms with E-state index in [0.717, 1.165) is 0 Å². The lowest BCUT2D eigenvalue weighted by Gasteiger charge is -2.23. The van der Waals surface area contributed by atoms with Gasteiger partial charge in [0, 0.05) is 24.6 Å². The Hall–Kier alpha value is -0.130. The van der Waals surface area contributed by atoms with Crippen molar-refractivity contribution in [1.82, 2.24) is 5.32 Å². The molecule has 1 aliphatic carbocycles. The molecule has 1 atom stereocenters. The van der Waals surface area contributed by atoms with Gasteiger partial charge in [-0.15, -0.1) is 0 Å². The molecular formula is C10H21NO3S. The van der Waals surface area contributed by atoms with Gasteiger partial charge in [0.05, 0.1) is 5.60 Å². The first-order chi connectivity index (χ1) is 6.79. The predicted octanol–water partition coefficient (Wildman–Crippen LogP) is 0.314. The van der Waals surface area contributed by atoms with E-state index < -0.39 is 15.4 Å². The summed E-state index contributed by atoms with van der Waals surface area (Å²) >= 11 is 0. The van der Waals surface area contributed by atoms with Crippen LogP contribution in [0.4, 0.5) is 0 Å². The number of nitrogens with one attached hydrogen (secondary N) is 1. The molecule has 1 unspecified atom stereocenters. The van der Waals surface area contributed by atoms with Gasteiger partial charge in [-0.05, 0) is 32.6 Å². The summed E-state index contributed by atoms with van der Waals surface area (Å²) in [5.74, 6) is 0.159. The normalized spacial score (nSPS) is 21.3. The topological polar surface area (TPSA) is 66.4 Å². The van der Waals surface area contributed by atoms with Crippen molar-refractivity contribution in [3.8, 4) is 0 Å². The summed E-state index contributed by atoms with van der Waals surface area (Å²) in [5, 5.41) is 13.2. The third-order valence-corrected chi connectivity index (χ3v) is 3.61. The van der Waals surface area contributed by atoms with Gasteiger partial charge in [0.15, 0.2) is 0 Å². The van der Waals surface area contributed by atoms with Crippen LogP contribution >= 0.6 is 0 Å². The highest BCUT2D eigenvalue weighted by Crippen LogP contribution is 2.20. The van der Waals surface area contributed by atoms with E-state index in [9.17, 15) is 13.5 Å². The fraction of sp³-hybridized carbons (Fsp3) is 1.00. The Balaban J connectivity index is 2.16. The molecule has 0 saturated heterocycles. The first-order valence-electron chi connectivity index (χ1n) is 5.42. The Morgan fingerprint density at radius 3 is 2.53 bits per heavy atom. The number of aliphatic hydroxyl groups is 1. The predicted molar refractivity (Wildman–Crippen MR) is 60.6 cm³/mol. The summed E-state index contributed by atoms with van der Waals surface area (Å²) < 4.78 is 21.8. The van der Waals surface area contributed by atoms with Crippen LogP contribution in [0.5, 0.6) is 0 Å². The van der Waals surface area contributed by atoms with Crippen LogP contribution in [-0.2, 0) is 9.84 Å². The maximum Gasteiger partial charge on any atom is 0.147 e. The summed E-state index contributed by atoms with van der Waals surface area (Å²) in [6.07, 6.45) is 4.67. The smallest absolute Gasteiger partial charge is 0.147 e. The zero-order valence-corrected chi connectivity index (χ0v) is 10.3. The van der Waals surface area contributed by atoms with E-state index in [-0.39, 0.29) is 5.75 Å². The fourth-order valence-corrected chi connectivity index (χ4v) is 2.12. The minimum atomic E-state index is -2.90. The lowest BCUT2D eigenvalue weighted by atomic mass is 10.0. The fourth-order valence-electron chi connectivity index (χ4n) is 1.46. The molecule has 1 rings (SSSR count). The second-order valence-electron chi connectivity index (χ2n) is 4.89. The minimum absolute atomic E-state index is 0.159. The van der Waals surface area contributed by atoms with Crippen LogP contribution in [0.3, 0.4) is 0 Å². The third kappa shape index (κ3) is 6.87. The Morgan fingerprint density at radius 1 is 1.47 bits per heavy atom. The molecule has 0 aliphatic heterocycles. The molecule has 1 aliphatic rings. The average molecular weight is 235 g/mol. The molecule has 0 bridgehead atoms. The number of rotatable bonds is 7. The van der Waals surface area contributed by atoms with Gasteiger partial charge in [0.25, 0.3) is 0 Å². The van der Waals surface area contributed by atoms with Crippen LogP contribution in [0.2, 0.25) is 0 Å². The second-order valence-corrected chi connectivity index (χ2v) is 7.15. The van der Waals surface area contributed by atoms with Crippen molar-refractivity contribution in [3.05, 3.63) is 0 Å². The van der Waals surface area contributed by atoms with Gasteiger partial charge in [-0.2, -0.15) is 0 Å². The van der Waals surface area contributed by atoms with Gasteiger partial charge in [-0.1, -0.05) is 0 Å². The van der Waals surface area contributed by atoms with Crippen LogP contribution < -0.4 is 5.32 Å². The maximum atomic E-state index is 10.9. The third-order valence-electron chi connectivity index (χ3n) is 2.58. The molecule has 0 aromatic carbocycles. The first-order valence-corrected chi connectivity index (χ1v) is 7.48. The van der Waals surface area contributed by atoms with E-state index >= 15 is 0 Å². The van der Waals surface area contributed by atoms with Crippen molar-refractivity contribution < 1.29 is 13.5 Å². The van der Waals surface area contributed by atoms with Crippen LogP contribution in [0.15, 0.2) is 0 Å². The lowest BCUT2D eigenvalue weighted by Crippen LogP contribution is -2.39. The summed E-state index contributed by atoms with van der Waals surface area (Å²) in [7, 11) is -2.90. The Morgan fingerprint density at radius 2 is 2.07 bits per heavy atom. The van der Waals surface area contributed by atoms with E-state index in [2.05, 4.69) is 5.32 Å². The molecule has 2 N–H and O–H groups in total. The second kappa shape index (κ2) is 4.80. The molecule has 0 aromatic heterocycles. The van der Waals surface area contributed by atoms with Gasteiger partial charge >= 0.3 is 0 Å². The molecular weight excluding hydrogens is 214 g/mol. The van der Waals surface area contributed by atoms with E-state index in [1.165, 1.54) is 19.1 Å². The Bertz CT molecular complexity index is 294. The van der Waals surface area contributed by atoms with Crippen LogP contribution in [0, 0.1) is 0 Å². The number of hydrogen-bond acceptors (Lipinski definition) is 4. The van der Waals surface area contributed by atoms with Crippen molar-refractivity contribution in [1.29, 1.82) is 0 Å². The van der Waals surface area contributed by atoms with E-state index in [1.54, 1.807) is 6.92 Å². The van der Waals surface area contributed by atoms with Gasteiger partial charge < -0.3 is 10.4 Å². The van der Waals surface area contributed by atoms with Crippen LogP contribution in [-0.4, -0.2) is 43.7 Å². The van der Waals surface area contributed by atoms with Crippen molar-refractivity contribution in [3.63, 3.8) is 0 Å². The molecule has 1 saturated carbocycles. The van der Waals surface area contributed by atoms with Gasteiger partial charge in [-0.3, -0.25) is 0 Å². The van der Waals surface area contributed by atoms with E-state index in [1.807, 2.05) is 0 Å². The molecule has 4 nitrogen and oxygen atoms in total. The van der Waals surface area contributed by atoms with Crippen LogP contribution in [0.1, 0.15) is 32.6 Å². The first kappa shape index (κ1) is 12.9. The average Bonchev–Trinajstić information content (AvgIpc) is 2.80. The monoisotopic (exact) mass is 235 g/mol. The van der Waals surface area contributed by atoms with Gasteiger partial charge in [0.1, 0.15) is 9.84 Å². The van der Waals surface area contributed by atoms with Crippen molar-refractivity contribution in [2.75, 3.05) is 18.6 Å². The lowest BCUT2D eigenvalue weighted by molar-refractivity contribution is 0.0499. The summed E-state index contributed by atoms with van der Waals surface area (Å²) in [6, 6.07) is 0.575. The standard InChI is InChI=1S/C10H21NO3S/c1-10(12,8-11-9-4-5-9)6-3-7-15(2,13)14/h9,11-12H,3-8H2,1-2H3. The molecule has 0 spiro atoms. The number of hydrogen-bond donors (Lipinski definition) is 2. The molecule has 90 valence electrons. The zero-order chi connectivity index (χ0) is 11.5. The molecule has 0 amide bonds. The maximum absolute atomic E-state index is 10.9. The SMILES string of the molecule is CC(O)(CCCS(C)(=O)=O)CNC1CC1. The molecule has 5 heteroatoms. The van der Waals surface area contributed by atoms with Gasteiger partial charge in [-0.25, -0.2) is 8.42 Å². The van der Waals surface area contributed by atoms with Gasteiger partial charge in [0.2, 0.25) is 0 Å². The number of sulfone groups is 1. The highest BCUT2D eigenvalue weighted by molar-refractivity contribution is 7.90.